The minimum atomic E-state index is 0.434. The maximum atomic E-state index is 2.63. The first-order valence-electron chi connectivity index (χ1n) is 14.2. The van der Waals surface area contributed by atoms with Crippen LogP contribution in [0.2, 0.25) is 0 Å². The molecule has 0 heterocycles. The molecule has 0 aromatic carbocycles. The van der Waals surface area contributed by atoms with E-state index in [1.165, 1.54) is 148 Å². The van der Waals surface area contributed by atoms with Gasteiger partial charge in [0.1, 0.15) is 0 Å². The third-order valence-corrected chi connectivity index (χ3v) is 6.47. The van der Waals surface area contributed by atoms with Crippen LogP contribution in [0.3, 0.4) is 0 Å². The van der Waals surface area contributed by atoms with Crippen LogP contribution in [-0.2, 0) is 0 Å². The summed E-state index contributed by atoms with van der Waals surface area (Å²) in [4.78, 5) is 2.63. The van der Waals surface area contributed by atoms with Gasteiger partial charge in [0, 0.05) is 6.54 Å². The highest BCUT2D eigenvalue weighted by Gasteiger charge is 2.14. The molecular weight excluding hydrogens is 362 g/mol. The molecule has 0 atom stereocenters. The van der Waals surface area contributed by atoms with Crippen molar-refractivity contribution in [1.29, 1.82) is 0 Å². The first kappa shape index (κ1) is 30.0. The summed E-state index contributed by atoms with van der Waals surface area (Å²) in [5, 5.41) is 0. The molecule has 0 aromatic rings. The molecule has 0 aliphatic rings. The summed E-state index contributed by atoms with van der Waals surface area (Å²) in [6.45, 7) is 15.4. The van der Waals surface area contributed by atoms with Gasteiger partial charge in [-0.15, -0.1) is 0 Å². The second-order valence-corrected chi connectivity index (χ2v) is 11.1. The van der Waals surface area contributed by atoms with E-state index < -0.39 is 0 Å². The number of hydrogen-bond acceptors (Lipinski definition) is 1. The van der Waals surface area contributed by atoms with Crippen LogP contribution in [0.5, 0.6) is 0 Å². The molecule has 0 N–H and O–H groups in total. The van der Waals surface area contributed by atoms with Crippen molar-refractivity contribution in [2.24, 2.45) is 5.41 Å². The van der Waals surface area contributed by atoms with Crippen molar-refractivity contribution < 1.29 is 0 Å². The fourth-order valence-corrected chi connectivity index (χ4v) is 4.61. The molecular formula is C29H61N. The predicted molar refractivity (Wildman–Crippen MR) is 140 cm³/mol. The number of unbranched alkanes of at least 4 members (excludes halogenated alkanes) is 19. The van der Waals surface area contributed by atoms with Gasteiger partial charge < -0.3 is 4.90 Å². The summed E-state index contributed by atoms with van der Waals surface area (Å²) in [5.74, 6) is 0. The van der Waals surface area contributed by atoms with E-state index in [0.717, 1.165) is 0 Å². The van der Waals surface area contributed by atoms with Crippen LogP contribution < -0.4 is 0 Å². The molecule has 0 aromatic heterocycles. The SMILES string of the molecule is CCCCCCCCCCCCCCCCCCCCCCN(CC)CC(C)(C)C. The average molecular weight is 424 g/mol. The van der Waals surface area contributed by atoms with Crippen LogP contribution in [0.15, 0.2) is 0 Å². The van der Waals surface area contributed by atoms with E-state index in [-0.39, 0.29) is 0 Å². The fourth-order valence-electron chi connectivity index (χ4n) is 4.61. The molecule has 0 aliphatic carbocycles. The number of rotatable bonds is 23. The molecule has 0 rings (SSSR count). The zero-order valence-electron chi connectivity index (χ0n) is 22.2. The normalized spacial score (nSPS) is 12.2. The van der Waals surface area contributed by atoms with E-state index in [1.54, 1.807) is 0 Å². The molecule has 0 aliphatic heterocycles. The minimum Gasteiger partial charge on any atom is -0.303 e. The van der Waals surface area contributed by atoms with E-state index in [0.29, 0.717) is 5.41 Å². The first-order chi connectivity index (χ1) is 14.5. The molecule has 0 amide bonds. The summed E-state index contributed by atoms with van der Waals surface area (Å²) in [5.41, 5.74) is 0.434. The Balaban J connectivity index is 3.18. The van der Waals surface area contributed by atoms with E-state index in [4.69, 9.17) is 0 Å². The average Bonchev–Trinajstić information content (AvgIpc) is 2.70. The van der Waals surface area contributed by atoms with Gasteiger partial charge in [-0.3, -0.25) is 0 Å². The van der Waals surface area contributed by atoms with Gasteiger partial charge in [0.05, 0.1) is 0 Å². The zero-order valence-corrected chi connectivity index (χ0v) is 22.2. The van der Waals surface area contributed by atoms with Gasteiger partial charge in [-0.2, -0.15) is 0 Å². The Morgan fingerprint density at radius 2 is 0.733 bits per heavy atom. The Morgan fingerprint density at radius 3 is 1.00 bits per heavy atom. The molecule has 0 saturated heterocycles. The summed E-state index contributed by atoms with van der Waals surface area (Å²) in [7, 11) is 0. The highest BCUT2D eigenvalue weighted by Crippen LogP contribution is 2.17. The van der Waals surface area contributed by atoms with Crippen molar-refractivity contribution in [3.05, 3.63) is 0 Å². The maximum Gasteiger partial charge on any atom is 0.00299 e. The van der Waals surface area contributed by atoms with Crippen molar-refractivity contribution >= 4 is 0 Å². The topological polar surface area (TPSA) is 3.24 Å². The van der Waals surface area contributed by atoms with Crippen molar-refractivity contribution in [2.45, 2.75) is 163 Å². The van der Waals surface area contributed by atoms with Gasteiger partial charge in [-0.05, 0) is 24.9 Å². The van der Waals surface area contributed by atoms with Crippen LogP contribution in [0.1, 0.15) is 163 Å². The van der Waals surface area contributed by atoms with Gasteiger partial charge in [0.15, 0.2) is 0 Å². The number of nitrogens with zero attached hydrogens (tertiary/aromatic N) is 1. The maximum absolute atomic E-state index is 2.63. The molecule has 0 saturated carbocycles. The van der Waals surface area contributed by atoms with Crippen molar-refractivity contribution in [3.8, 4) is 0 Å². The van der Waals surface area contributed by atoms with Gasteiger partial charge >= 0.3 is 0 Å². The summed E-state index contributed by atoms with van der Waals surface area (Å²) in [6.07, 6.45) is 29.3. The second-order valence-electron chi connectivity index (χ2n) is 11.1. The fraction of sp³-hybridized carbons (Fsp3) is 1.00. The van der Waals surface area contributed by atoms with E-state index >= 15 is 0 Å². The molecule has 30 heavy (non-hydrogen) atoms. The molecule has 0 unspecified atom stereocenters. The number of hydrogen-bond donors (Lipinski definition) is 0. The lowest BCUT2D eigenvalue weighted by atomic mass is 9.96. The summed E-state index contributed by atoms with van der Waals surface area (Å²) >= 11 is 0. The van der Waals surface area contributed by atoms with Crippen molar-refractivity contribution in [1.82, 2.24) is 4.90 Å². The first-order valence-corrected chi connectivity index (χ1v) is 14.2. The van der Waals surface area contributed by atoms with Crippen LogP contribution in [0, 0.1) is 5.41 Å². The Bertz CT molecular complexity index is 317. The molecule has 0 radical (unpaired) electrons. The van der Waals surface area contributed by atoms with E-state index in [1.807, 2.05) is 0 Å². The smallest absolute Gasteiger partial charge is 0.00299 e. The largest absolute Gasteiger partial charge is 0.303 e. The quantitative estimate of drug-likeness (QED) is 0.148. The van der Waals surface area contributed by atoms with Crippen LogP contribution in [-0.4, -0.2) is 24.5 Å². The minimum absolute atomic E-state index is 0.434. The lowest BCUT2D eigenvalue weighted by Gasteiger charge is -2.28. The van der Waals surface area contributed by atoms with Crippen molar-refractivity contribution in [3.63, 3.8) is 0 Å². The molecule has 1 heteroatoms. The third-order valence-electron chi connectivity index (χ3n) is 6.47. The van der Waals surface area contributed by atoms with Crippen molar-refractivity contribution in [2.75, 3.05) is 19.6 Å². The summed E-state index contributed by atoms with van der Waals surface area (Å²) in [6, 6.07) is 0. The Hall–Kier alpha value is -0.0400. The molecule has 0 spiro atoms. The zero-order chi connectivity index (χ0) is 22.3. The molecule has 0 bridgehead atoms. The predicted octanol–water partition coefficient (Wildman–Crippen LogP) is 10.2. The van der Waals surface area contributed by atoms with E-state index in [9.17, 15) is 0 Å². The van der Waals surface area contributed by atoms with Gasteiger partial charge in [-0.25, -0.2) is 0 Å². The third kappa shape index (κ3) is 24.2. The van der Waals surface area contributed by atoms with E-state index in [2.05, 4.69) is 39.5 Å². The van der Waals surface area contributed by atoms with Gasteiger partial charge in [0.2, 0.25) is 0 Å². The van der Waals surface area contributed by atoms with Gasteiger partial charge in [-0.1, -0.05) is 157 Å². The standard InChI is InChI=1S/C29H61N/c1-6-8-9-10-11-12-13-14-15-16-17-18-19-20-21-22-23-24-25-26-27-30(7-2)28-29(3,4)5/h6-28H2,1-5H3. The second kappa shape index (κ2) is 22.2. The lowest BCUT2D eigenvalue weighted by Crippen LogP contribution is -2.33. The molecule has 0 fully saturated rings. The molecule has 1 nitrogen and oxygen atoms in total. The van der Waals surface area contributed by atoms with Gasteiger partial charge in [0.25, 0.3) is 0 Å². The highest BCUT2D eigenvalue weighted by molar-refractivity contribution is 4.68. The van der Waals surface area contributed by atoms with Crippen LogP contribution >= 0.6 is 0 Å². The van der Waals surface area contributed by atoms with Crippen LogP contribution in [0.4, 0.5) is 0 Å². The molecule has 182 valence electrons. The Morgan fingerprint density at radius 1 is 0.433 bits per heavy atom. The van der Waals surface area contributed by atoms with Crippen LogP contribution in [0.25, 0.3) is 0 Å². The lowest BCUT2D eigenvalue weighted by molar-refractivity contribution is 0.196. The highest BCUT2D eigenvalue weighted by atomic mass is 15.1. The monoisotopic (exact) mass is 423 g/mol. The Labute approximate surface area is 193 Å². The summed E-state index contributed by atoms with van der Waals surface area (Å²) < 4.78 is 0. The Kier molecular flexibility index (Phi) is 22.1.